The Morgan fingerprint density at radius 2 is 0.477 bits per heavy atom. The summed E-state index contributed by atoms with van der Waals surface area (Å²) in [5.41, 5.74) is 33.8. The summed E-state index contributed by atoms with van der Waals surface area (Å²) >= 11 is 0. The molecular formula is C120H68N10. The molecule has 0 unspecified atom stereocenters. The van der Waals surface area contributed by atoms with E-state index in [-0.39, 0.29) is 0 Å². The van der Waals surface area contributed by atoms with Gasteiger partial charge in [-0.2, -0.15) is 0 Å². The van der Waals surface area contributed by atoms with Gasteiger partial charge in [-0.25, -0.2) is 19.9 Å². The molecule has 598 valence electrons. The Morgan fingerprint density at radius 1 is 0.146 bits per heavy atom. The molecule has 0 aliphatic carbocycles. The lowest BCUT2D eigenvalue weighted by atomic mass is 9.97. The third-order valence-electron chi connectivity index (χ3n) is 28.3. The van der Waals surface area contributed by atoms with Crippen LogP contribution >= 0.6 is 0 Å². The van der Waals surface area contributed by atoms with Crippen LogP contribution < -0.4 is 0 Å². The first kappa shape index (κ1) is 69.8. The maximum atomic E-state index is 5.56. The van der Waals surface area contributed by atoms with E-state index in [0.29, 0.717) is 0 Å². The van der Waals surface area contributed by atoms with Crippen LogP contribution in [0.5, 0.6) is 0 Å². The molecule has 0 bridgehead atoms. The quantitative estimate of drug-likeness (QED) is 0.144. The Bertz CT molecular complexity index is 10200. The van der Waals surface area contributed by atoms with Gasteiger partial charge in [0.25, 0.3) is 0 Å². The predicted octanol–water partition coefficient (Wildman–Crippen LogP) is 30.9. The zero-order chi connectivity index (χ0) is 84.4. The second-order valence-electron chi connectivity index (χ2n) is 35.1. The molecule has 0 aliphatic heterocycles. The van der Waals surface area contributed by atoms with Crippen LogP contribution in [0, 0.1) is 0 Å². The Morgan fingerprint density at radius 3 is 0.985 bits per heavy atom. The van der Waals surface area contributed by atoms with Crippen molar-refractivity contribution in [3.05, 3.63) is 413 Å². The molecule has 0 aliphatic rings. The molecule has 0 radical (unpaired) electrons. The van der Waals surface area contributed by atoms with Gasteiger partial charge in [0.1, 0.15) is 0 Å². The first-order valence-corrected chi connectivity index (χ1v) is 44.6. The second kappa shape index (κ2) is 26.0. The van der Waals surface area contributed by atoms with Gasteiger partial charge in [0.15, 0.2) is 0 Å². The van der Waals surface area contributed by atoms with Crippen molar-refractivity contribution >= 4 is 207 Å². The van der Waals surface area contributed by atoms with Gasteiger partial charge in [-0.05, 0) is 203 Å². The van der Waals surface area contributed by atoms with Crippen LogP contribution in [0.25, 0.3) is 286 Å². The standard InChI is InChI=1S/C120H68N10/c1-2-24-79(25-3-1)125-100-37-17-7-27-84(100)90-62-76(51-59-105(90)125)117-115(121-95-32-12-14-34-97(95)123-117)70-46-54-81(55-47-70)128-104-41-21-11-31-89(104)112-110(128)68-92-86-29-9-19-39-102(86)130-108-65-75-43-42-74(60-78(75)63-94(108)114(112)120(92)130)69-44-52-80(53-45-69)126-99-36-16-6-26-83(99)87-58-50-77(66-106(87)126)118-116(122-96-33-13-15-35-98(96)124-118)71-48-56-82(57-49-71)127-103-40-20-10-30-88(103)111-109(127)67-91-85-28-8-18-38-101(85)129-107-64-73-23-5-4-22-72(73)61-93(107)113(111)119(91)129/h1-68H. The number of nitrogens with zero attached hydrogens (tertiary/aromatic N) is 10. The Hall–Kier alpha value is -17.6. The van der Waals surface area contributed by atoms with Crippen LogP contribution in [0.4, 0.5) is 0 Å². The summed E-state index contributed by atoms with van der Waals surface area (Å²) in [5.74, 6) is 0. The average Bonchev–Trinajstić information content (AvgIpc) is 1.51. The maximum absolute atomic E-state index is 5.56. The predicted molar refractivity (Wildman–Crippen MR) is 542 cm³/mol. The van der Waals surface area contributed by atoms with Crippen molar-refractivity contribution in [2.24, 2.45) is 0 Å². The van der Waals surface area contributed by atoms with Gasteiger partial charge in [0, 0.05) is 131 Å². The Labute approximate surface area is 740 Å². The molecule has 0 amide bonds. The summed E-state index contributed by atoms with van der Waals surface area (Å²) in [5, 5.41) is 24.5. The number of rotatable bonds is 9. The van der Waals surface area contributed by atoms with Gasteiger partial charge in [-0.3, -0.25) is 0 Å². The normalized spacial score (nSPS) is 12.5. The number of fused-ring (bicyclic) bond motifs is 30. The lowest BCUT2D eigenvalue weighted by molar-refractivity contribution is 1.18. The number of benzene rings is 20. The van der Waals surface area contributed by atoms with E-state index < -0.39 is 0 Å². The van der Waals surface area contributed by atoms with E-state index in [9.17, 15) is 0 Å². The highest BCUT2D eigenvalue weighted by Crippen LogP contribution is 2.52. The average molecular weight is 1650 g/mol. The van der Waals surface area contributed by atoms with Crippen LogP contribution in [-0.4, -0.2) is 47.0 Å². The second-order valence-corrected chi connectivity index (χ2v) is 35.1. The van der Waals surface area contributed by atoms with E-state index in [1.54, 1.807) is 0 Å². The topological polar surface area (TPSA) is 80.1 Å². The van der Waals surface area contributed by atoms with Crippen LogP contribution in [0.2, 0.25) is 0 Å². The molecule has 130 heavy (non-hydrogen) atoms. The molecule has 10 aromatic heterocycles. The van der Waals surface area contributed by atoms with Gasteiger partial charge in [-0.15, -0.1) is 0 Å². The van der Waals surface area contributed by atoms with E-state index in [2.05, 4.69) is 427 Å². The minimum Gasteiger partial charge on any atom is -0.309 e. The van der Waals surface area contributed by atoms with Gasteiger partial charge in [0.05, 0.1) is 122 Å². The van der Waals surface area contributed by atoms with E-state index in [1.807, 2.05) is 12.1 Å². The minimum absolute atomic E-state index is 0.822. The maximum Gasteiger partial charge on any atom is 0.0973 e. The van der Waals surface area contributed by atoms with E-state index >= 15 is 0 Å². The summed E-state index contributed by atoms with van der Waals surface area (Å²) in [7, 11) is 0. The fraction of sp³-hybridized carbons (Fsp3) is 0. The highest BCUT2D eigenvalue weighted by atomic mass is 15.0. The highest BCUT2D eigenvalue weighted by Gasteiger charge is 2.30. The van der Waals surface area contributed by atoms with Gasteiger partial charge < -0.3 is 27.1 Å². The third-order valence-corrected chi connectivity index (χ3v) is 28.3. The van der Waals surface area contributed by atoms with Crippen molar-refractivity contribution in [2.45, 2.75) is 0 Å². The monoisotopic (exact) mass is 1650 g/mol. The summed E-state index contributed by atoms with van der Waals surface area (Å²) in [6.45, 7) is 0. The molecule has 20 aromatic carbocycles. The number of aromatic nitrogens is 10. The fourth-order valence-electron chi connectivity index (χ4n) is 22.7. The number of hydrogen-bond donors (Lipinski definition) is 0. The van der Waals surface area contributed by atoms with Crippen molar-refractivity contribution < 1.29 is 0 Å². The lowest BCUT2D eigenvalue weighted by Crippen LogP contribution is -1.98. The summed E-state index contributed by atoms with van der Waals surface area (Å²) in [6, 6.07) is 152. The smallest absolute Gasteiger partial charge is 0.0973 e. The summed E-state index contributed by atoms with van der Waals surface area (Å²) < 4.78 is 14.8. The molecule has 0 saturated heterocycles. The molecule has 0 saturated carbocycles. The van der Waals surface area contributed by atoms with E-state index in [4.69, 9.17) is 19.9 Å². The molecule has 30 rings (SSSR count). The molecule has 10 heterocycles. The lowest BCUT2D eigenvalue weighted by Gasteiger charge is -2.14. The molecule has 0 fully saturated rings. The zero-order valence-corrected chi connectivity index (χ0v) is 69.7. The fourth-order valence-corrected chi connectivity index (χ4v) is 22.7. The molecule has 10 heteroatoms. The van der Waals surface area contributed by atoms with Crippen LogP contribution in [-0.2, 0) is 0 Å². The van der Waals surface area contributed by atoms with Crippen molar-refractivity contribution in [3.63, 3.8) is 0 Å². The molecule has 0 spiro atoms. The third kappa shape index (κ3) is 9.63. The first-order valence-electron chi connectivity index (χ1n) is 44.6. The zero-order valence-electron chi connectivity index (χ0n) is 69.7. The SMILES string of the molecule is c1ccc(-n2c3ccccc3c3cc(-c4nc5ccccc5nc4-c4ccc(-n5c6ccccc6c6c7c8cc9cc(-c%10ccc(-n%11c%12ccccc%12c%12ccc(-c%13nc%14ccccc%14nc%13-c%13ccc(-n%14c%15ccccc%15c%15c%16c%17cc%18ccccc%18cc%17n%17c%18ccccc%18c(cc%15%14)c%16%17)cc%13)cc%12%11)cc%10)ccc9cc8n8c9ccccc9c(cc65)c78)cc4)ccc32)cc1. The van der Waals surface area contributed by atoms with Crippen LogP contribution in [0.3, 0.4) is 0 Å². The molecule has 30 aromatic rings. The molecular weight excluding hydrogens is 1580 g/mol. The van der Waals surface area contributed by atoms with Crippen molar-refractivity contribution in [3.8, 4) is 78.9 Å². The van der Waals surface area contributed by atoms with Gasteiger partial charge in [0.2, 0.25) is 0 Å². The Kier molecular flexibility index (Phi) is 14.0. The largest absolute Gasteiger partial charge is 0.309 e. The molecule has 0 N–H and O–H groups in total. The summed E-state index contributed by atoms with van der Waals surface area (Å²) in [6.07, 6.45) is 0. The highest BCUT2D eigenvalue weighted by molar-refractivity contribution is 6.38. The van der Waals surface area contributed by atoms with Gasteiger partial charge >= 0.3 is 0 Å². The van der Waals surface area contributed by atoms with Crippen molar-refractivity contribution in [2.75, 3.05) is 0 Å². The number of hydrogen-bond acceptors (Lipinski definition) is 4. The van der Waals surface area contributed by atoms with E-state index in [1.165, 1.54) is 141 Å². The molecule has 10 nitrogen and oxygen atoms in total. The number of para-hydroxylation sites is 11. The Balaban J connectivity index is 0.522. The van der Waals surface area contributed by atoms with Gasteiger partial charge in [-0.1, -0.05) is 243 Å². The minimum atomic E-state index is 0.822. The summed E-state index contributed by atoms with van der Waals surface area (Å²) in [4.78, 5) is 22.0. The van der Waals surface area contributed by atoms with Crippen molar-refractivity contribution in [1.82, 2.24) is 47.0 Å². The first-order chi connectivity index (χ1) is 64.5. The van der Waals surface area contributed by atoms with Crippen molar-refractivity contribution in [1.29, 1.82) is 0 Å². The van der Waals surface area contributed by atoms with Crippen LogP contribution in [0.1, 0.15) is 0 Å². The van der Waals surface area contributed by atoms with E-state index in [0.717, 1.165) is 145 Å². The molecule has 0 atom stereocenters. The van der Waals surface area contributed by atoms with Crippen LogP contribution in [0.15, 0.2) is 413 Å².